The van der Waals surface area contributed by atoms with Gasteiger partial charge in [0.15, 0.2) is 17.7 Å². The molecule has 0 aromatic heterocycles. The molecule has 4 aromatic carbocycles. The van der Waals surface area contributed by atoms with Crippen molar-refractivity contribution in [1.82, 2.24) is 0 Å². The summed E-state index contributed by atoms with van der Waals surface area (Å²) in [7, 11) is 10.6. The van der Waals surface area contributed by atoms with Crippen LogP contribution in [0.15, 0.2) is 90.2 Å². The van der Waals surface area contributed by atoms with Gasteiger partial charge in [0.25, 0.3) is 0 Å². The van der Waals surface area contributed by atoms with Gasteiger partial charge in [-0.1, -0.05) is 72.8 Å². The smallest absolute Gasteiger partial charge is 0.169 e. The Hall–Kier alpha value is -4.26. The molecule has 1 heterocycles. The lowest BCUT2D eigenvalue weighted by Crippen LogP contribution is -2.42. The van der Waals surface area contributed by atoms with E-state index >= 15 is 0 Å². The van der Waals surface area contributed by atoms with Crippen molar-refractivity contribution in [3.63, 3.8) is 0 Å². The summed E-state index contributed by atoms with van der Waals surface area (Å²) in [6, 6.07) is 25.5. The molecule has 210 valence electrons. The van der Waals surface area contributed by atoms with Gasteiger partial charge < -0.3 is 28.6 Å². The van der Waals surface area contributed by atoms with Crippen LogP contribution in [0.3, 0.4) is 0 Å². The standard InChI is InChI=1S/C35H35NO5/c1-36-32-26(24-18-19-28(37-2)33(39-4)31(24)35(36)41-6)17-16-25-27(32)20-29(38-3)34(40-5)30(25)23-14-12-22(13-15-23)21-10-8-7-9-11-21/h7-18,20,28,35H,19H2,1-6H3. The maximum atomic E-state index is 6.11. The molecule has 1 aliphatic carbocycles. The zero-order valence-corrected chi connectivity index (χ0v) is 24.4. The molecule has 6 nitrogen and oxygen atoms in total. The van der Waals surface area contributed by atoms with Gasteiger partial charge in [-0.05, 0) is 40.1 Å². The monoisotopic (exact) mass is 549 g/mol. The van der Waals surface area contributed by atoms with Gasteiger partial charge in [0, 0.05) is 43.4 Å². The third-order valence-corrected chi connectivity index (χ3v) is 8.27. The van der Waals surface area contributed by atoms with E-state index in [2.05, 4.69) is 84.8 Å². The summed E-state index contributed by atoms with van der Waals surface area (Å²) in [5.41, 5.74) is 8.67. The Morgan fingerprint density at radius 3 is 2.05 bits per heavy atom. The molecule has 0 bridgehead atoms. The molecule has 2 unspecified atom stereocenters. The van der Waals surface area contributed by atoms with Crippen molar-refractivity contribution in [2.45, 2.75) is 18.8 Å². The second kappa shape index (κ2) is 11.0. The van der Waals surface area contributed by atoms with Crippen molar-refractivity contribution < 1.29 is 23.7 Å². The van der Waals surface area contributed by atoms with Crippen LogP contribution in [0.25, 0.3) is 38.6 Å². The molecule has 0 fully saturated rings. The highest BCUT2D eigenvalue weighted by molar-refractivity contribution is 6.11. The molecule has 2 aliphatic rings. The van der Waals surface area contributed by atoms with Crippen LogP contribution in [0, 0.1) is 0 Å². The number of likely N-dealkylation sites (N-methyl/N-ethyl adjacent to an activating group) is 1. The number of rotatable bonds is 7. The molecule has 6 rings (SSSR count). The van der Waals surface area contributed by atoms with Crippen LogP contribution >= 0.6 is 0 Å². The van der Waals surface area contributed by atoms with Gasteiger partial charge in [0.05, 0.1) is 27.0 Å². The van der Waals surface area contributed by atoms with Crippen molar-refractivity contribution in [2.24, 2.45) is 0 Å². The van der Waals surface area contributed by atoms with Gasteiger partial charge in [0.2, 0.25) is 0 Å². The minimum atomic E-state index is -0.353. The molecule has 4 aromatic rings. The zero-order valence-electron chi connectivity index (χ0n) is 24.4. The van der Waals surface area contributed by atoms with Crippen LogP contribution in [0.2, 0.25) is 0 Å². The highest BCUT2D eigenvalue weighted by atomic mass is 16.5. The van der Waals surface area contributed by atoms with E-state index in [1.165, 1.54) is 5.56 Å². The van der Waals surface area contributed by atoms with Crippen molar-refractivity contribution in [3.8, 4) is 33.8 Å². The molecule has 0 saturated carbocycles. The number of hydrogen-bond acceptors (Lipinski definition) is 6. The fourth-order valence-electron chi connectivity index (χ4n) is 6.40. The van der Waals surface area contributed by atoms with Crippen molar-refractivity contribution in [2.75, 3.05) is 47.5 Å². The van der Waals surface area contributed by atoms with E-state index in [4.69, 9.17) is 23.7 Å². The van der Waals surface area contributed by atoms with Gasteiger partial charge in [-0.2, -0.15) is 0 Å². The van der Waals surface area contributed by atoms with Crippen molar-refractivity contribution >= 4 is 22.0 Å². The normalized spacial score (nSPS) is 18.1. The van der Waals surface area contributed by atoms with Gasteiger partial charge in [-0.3, -0.25) is 0 Å². The molecule has 6 heteroatoms. The highest BCUT2D eigenvalue weighted by Gasteiger charge is 2.39. The van der Waals surface area contributed by atoms with E-state index in [-0.39, 0.29) is 12.3 Å². The zero-order chi connectivity index (χ0) is 28.7. The Bertz CT molecular complexity index is 1660. The van der Waals surface area contributed by atoms with Crippen LogP contribution in [-0.2, 0) is 14.2 Å². The second-order valence-electron chi connectivity index (χ2n) is 10.2. The summed E-state index contributed by atoms with van der Waals surface area (Å²) in [6.45, 7) is 0. The van der Waals surface area contributed by atoms with Crippen molar-refractivity contribution in [3.05, 3.63) is 95.8 Å². The summed E-state index contributed by atoms with van der Waals surface area (Å²) >= 11 is 0. The molecule has 1 aliphatic heterocycles. The van der Waals surface area contributed by atoms with E-state index in [0.29, 0.717) is 11.5 Å². The lowest BCUT2D eigenvalue weighted by atomic mass is 9.81. The summed E-state index contributed by atoms with van der Waals surface area (Å²) in [5.74, 6) is 2.19. The number of anilines is 1. The number of ether oxygens (including phenoxy) is 5. The van der Waals surface area contributed by atoms with E-state index in [1.54, 1.807) is 35.5 Å². The number of benzene rings is 4. The lowest BCUT2D eigenvalue weighted by molar-refractivity contribution is 0.0676. The number of methoxy groups -OCH3 is 5. The van der Waals surface area contributed by atoms with Crippen LogP contribution < -0.4 is 14.4 Å². The Labute approximate surface area is 241 Å². The Morgan fingerprint density at radius 1 is 0.707 bits per heavy atom. The number of nitrogens with zero attached hydrogens (tertiary/aromatic N) is 1. The maximum absolute atomic E-state index is 6.11. The van der Waals surface area contributed by atoms with E-state index in [0.717, 1.165) is 62.0 Å². The maximum Gasteiger partial charge on any atom is 0.169 e. The van der Waals surface area contributed by atoms with Gasteiger partial charge in [-0.25, -0.2) is 0 Å². The first kappa shape index (κ1) is 26.9. The SMILES string of the molecule is COC1=C2C(=CCC1OC)c1ccc3c(-c4ccc(-c5ccccc5)cc4)c(OC)c(OC)cc3c1N(C)C2OC. The second-order valence-corrected chi connectivity index (χ2v) is 10.2. The van der Waals surface area contributed by atoms with Crippen LogP contribution in [0.4, 0.5) is 5.69 Å². The summed E-state index contributed by atoms with van der Waals surface area (Å²) in [4.78, 5) is 2.18. The first-order chi connectivity index (χ1) is 20.1. The van der Waals surface area contributed by atoms with Crippen LogP contribution in [0.5, 0.6) is 11.5 Å². The third-order valence-electron chi connectivity index (χ3n) is 8.27. The van der Waals surface area contributed by atoms with Gasteiger partial charge in [0.1, 0.15) is 11.9 Å². The fourth-order valence-corrected chi connectivity index (χ4v) is 6.40. The van der Waals surface area contributed by atoms with E-state index in [1.807, 2.05) is 6.07 Å². The quantitative estimate of drug-likeness (QED) is 0.241. The summed E-state index contributed by atoms with van der Waals surface area (Å²) < 4.78 is 29.7. The number of fused-ring (bicyclic) bond motifs is 5. The lowest BCUT2D eigenvalue weighted by Gasteiger charge is -2.42. The molecule has 0 N–H and O–H groups in total. The average molecular weight is 550 g/mol. The fraction of sp³-hybridized carbons (Fsp3) is 0.257. The number of hydrogen-bond donors (Lipinski definition) is 0. The van der Waals surface area contributed by atoms with Gasteiger partial charge in [-0.15, -0.1) is 0 Å². The molecule has 0 radical (unpaired) electrons. The Kier molecular flexibility index (Phi) is 7.20. The molecule has 41 heavy (non-hydrogen) atoms. The highest BCUT2D eigenvalue weighted by Crippen LogP contribution is 2.52. The predicted molar refractivity (Wildman–Crippen MR) is 165 cm³/mol. The van der Waals surface area contributed by atoms with E-state index in [9.17, 15) is 0 Å². The molecular formula is C35H35NO5. The summed E-state index contributed by atoms with van der Waals surface area (Å²) in [5, 5.41) is 2.13. The average Bonchev–Trinajstić information content (AvgIpc) is 3.03. The molecule has 0 amide bonds. The Balaban J connectivity index is 1.60. The van der Waals surface area contributed by atoms with Crippen LogP contribution in [0.1, 0.15) is 12.0 Å². The first-order valence-corrected chi connectivity index (χ1v) is 13.7. The minimum Gasteiger partial charge on any atom is -0.498 e. The predicted octanol–water partition coefficient (Wildman–Crippen LogP) is 7.32. The Morgan fingerprint density at radius 2 is 1.41 bits per heavy atom. The molecular weight excluding hydrogens is 514 g/mol. The summed E-state index contributed by atoms with van der Waals surface area (Å²) in [6.07, 6.45) is 2.45. The topological polar surface area (TPSA) is 49.4 Å². The molecule has 0 spiro atoms. The van der Waals surface area contributed by atoms with Gasteiger partial charge >= 0.3 is 0 Å². The largest absolute Gasteiger partial charge is 0.498 e. The van der Waals surface area contributed by atoms with Crippen LogP contribution in [-0.4, -0.2) is 54.9 Å². The van der Waals surface area contributed by atoms with E-state index < -0.39 is 0 Å². The molecule has 2 atom stereocenters. The molecule has 0 saturated heterocycles. The first-order valence-electron chi connectivity index (χ1n) is 13.7. The minimum absolute atomic E-state index is 0.151. The third kappa shape index (κ3) is 4.26. The van der Waals surface area contributed by atoms with Crippen molar-refractivity contribution in [1.29, 1.82) is 0 Å².